The van der Waals surface area contributed by atoms with Crippen molar-refractivity contribution in [2.75, 3.05) is 0 Å². The SMILES string of the molecule is Cc1c(SCc2cccs2)ccnc1CSc1nc2ccccc2[nH]1. The molecule has 3 nitrogen and oxygen atoms in total. The Morgan fingerprint density at radius 3 is 2.80 bits per heavy atom. The van der Waals surface area contributed by atoms with Crippen LogP contribution in [0.5, 0.6) is 0 Å². The molecule has 0 fully saturated rings. The predicted octanol–water partition coefficient (Wildman–Crippen LogP) is 5.91. The Balaban J connectivity index is 1.45. The zero-order valence-electron chi connectivity index (χ0n) is 13.7. The van der Waals surface area contributed by atoms with E-state index < -0.39 is 0 Å². The number of imidazole rings is 1. The van der Waals surface area contributed by atoms with Crippen LogP contribution in [0.15, 0.2) is 64.1 Å². The van der Waals surface area contributed by atoms with Crippen LogP contribution < -0.4 is 0 Å². The van der Waals surface area contributed by atoms with Gasteiger partial charge in [-0.15, -0.1) is 23.1 Å². The molecule has 0 atom stereocenters. The summed E-state index contributed by atoms with van der Waals surface area (Å²) in [6.07, 6.45) is 1.91. The second-order valence-corrected chi connectivity index (χ2v) is 8.61. The van der Waals surface area contributed by atoms with Crippen molar-refractivity contribution in [1.82, 2.24) is 15.0 Å². The minimum absolute atomic E-state index is 0.819. The fourth-order valence-corrected chi connectivity index (χ4v) is 5.27. The fourth-order valence-electron chi connectivity index (χ4n) is 2.54. The maximum absolute atomic E-state index is 4.63. The number of H-pyrrole nitrogens is 1. The molecular weight excluding hydrogens is 366 g/mol. The van der Waals surface area contributed by atoms with Crippen molar-refractivity contribution >= 4 is 45.9 Å². The molecule has 25 heavy (non-hydrogen) atoms. The average molecular weight is 384 g/mol. The zero-order chi connectivity index (χ0) is 17.1. The highest BCUT2D eigenvalue weighted by molar-refractivity contribution is 7.99. The molecule has 1 N–H and O–H groups in total. The van der Waals surface area contributed by atoms with Crippen LogP contribution in [0.3, 0.4) is 0 Å². The Kier molecular flexibility index (Phi) is 5.10. The highest BCUT2D eigenvalue weighted by atomic mass is 32.2. The van der Waals surface area contributed by atoms with Gasteiger partial charge < -0.3 is 4.98 Å². The molecule has 0 aliphatic rings. The quantitative estimate of drug-likeness (QED) is 0.420. The van der Waals surface area contributed by atoms with Crippen LogP contribution in [-0.2, 0) is 11.5 Å². The first-order valence-electron chi connectivity index (χ1n) is 7.97. The van der Waals surface area contributed by atoms with Crippen molar-refractivity contribution in [3.8, 4) is 0 Å². The molecule has 4 rings (SSSR count). The average Bonchev–Trinajstić information content (AvgIpc) is 3.29. The summed E-state index contributed by atoms with van der Waals surface area (Å²) in [7, 11) is 0. The Bertz CT molecular complexity index is 944. The monoisotopic (exact) mass is 383 g/mol. The zero-order valence-corrected chi connectivity index (χ0v) is 16.2. The Labute approximate surface area is 159 Å². The molecule has 0 saturated heterocycles. The maximum Gasteiger partial charge on any atom is 0.166 e. The van der Waals surface area contributed by atoms with E-state index in [0.29, 0.717) is 0 Å². The summed E-state index contributed by atoms with van der Waals surface area (Å²) in [6.45, 7) is 2.16. The van der Waals surface area contributed by atoms with Gasteiger partial charge in [0.15, 0.2) is 5.16 Å². The molecular formula is C19H17N3S3. The minimum atomic E-state index is 0.819. The van der Waals surface area contributed by atoms with E-state index in [0.717, 1.165) is 33.4 Å². The third kappa shape index (κ3) is 3.92. The highest BCUT2D eigenvalue weighted by Crippen LogP contribution is 2.30. The number of hydrogen-bond acceptors (Lipinski definition) is 5. The molecule has 0 radical (unpaired) electrons. The van der Waals surface area contributed by atoms with Gasteiger partial charge in [-0.25, -0.2) is 4.98 Å². The van der Waals surface area contributed by atoms with Crippen LogP contribution in [0.1, 0.15) is 16.1 Å². The van der Waals surface area contributed by atoms with Crippen molar-refractivity contribution in [1.29, 1.82) is 0 Å². The molecule has 0 unspecified atom stereocenters. The van der Waals surface area contributed by atoms with E-state index in [-0.39, 0.29) is 0 Å². The fraction of sp³-hybridized carbons (Fsp3) is 0.158. The van der Waals surface area contributed by atoms with Gasteiger partial charge in [-0.2, -0.15) is 0 Å². The molecule has 0 aliphatic carbocycles. The Morgan fingerprint density at radius 2 is 1.96 bits per heavy atom. The number of para-hydroxylation sites is 2. The van der Waals surface area contributed by atoms with E-state index in [1.165, 1.54) is 15.3 Å². The number of benzene rings is 1. The molecule has 4 aromatic rings. The number of nitrogens with zero attached hydrogens (tertiary/aromatic N) is 2. The topological polar surface area (TPSA) is 41.6 Å². The summed E-state index contributed by atoms with van der Waals surface area (Å²) in [6, 6.07) is 14.5. The normalized spacial score (nSPS) is 11.2. The number of aromatic nitrogens is 3. The van der Waals surface area contributed by atoms with Gasteiger partial charge in [-0.05, 0) is 42.1 Å². The number of pyridine rings is 1. The lowest BCUT2D eigenvalue weighted by Crippen LogP contribution is -1.94. The number of thioether (sulfide) groups is 2. The van der Waals surface area contributed by atoms with Crippen LogP contribution >= 0.6 is 34.9 Å². The molecule has 0 saturated carbocycles. The van der Waals surface area contributed by atoms with Gasteiger partial charge in [0, 0.05) is 27.5 Å². The van der Waals surface area contributed by atoms with E-state index in [9.17, 15) is 0 Å². The lowest BCUT2D eigenvalue weighted by molar-refractivity contribution is 1.05. The summed E-state index contributed by atoms with van der Waals surface area (Å²) in [4.78, 5) is 15.3. The number of rotatable bonds is 6. The van der Waals surface area contributed by atoms with Gasteiger partial charge in [0.1, 0.15) is 0 Å². The molecule has 3 aromatic heterocycles. The molecule has 0 amide bonds. The summed E-state index contributed by atoms with van der Waals surface area (Å²) < 4.78 is 0. The van der Waals surface area contributed by atoms with Crippen LogP contribution in [0.25, 0.3) is 11.0 Å². The molecule has 0 bridgehead atoms. The van der Waals surface area contributed by atoms with Crippen LogP contribution in [0, 0.1) is 6.92 Å². The first-order valence-corrected chi connectivity index (χ1v) is 10.8. The van der Waals surface area contributed by atoms with Crippen molar-refractivity contribution in [2.24, 2.45) is 0 Å². The Hall–Kier alpha value is -1.76. The maximum atomic E-state index is 4.63. The molecule has 126 valence electrons. The third-order valence-corrected chi connectivity index (χ3v) is 7.07. The van der Waals surface area contributed by atoms with E-state index in [4.69, 9.17) is 0 Å². The van der Waals surface area contributed by atoms with Crippen molar-refractivity contribution < 1.29 is 0 Å². The van der Waals surface area contributed by atoms with Gasteiger partial charge in [-0.3, -0.25) is 4.98 Å². The summed E-state index contributed by atoms with van der Waals surface area (Å²) in [5.41, 5.74) is 4.49. The first-order chi connectivity index (χ1) is 12.3. The Morgan fingerprint density at radius 1 is 1.04 bits per heavy atom. The van der Waals surface area contributed by atoms with E-state index in [2.05, 4.69) is 51.5 Å². The number of thiophene rings is 1. The van der Waals surface area contributed by atoms with E-state index >= 15 is 0 Å². The first kappa shape index (κ1) is 16.7. The second-order valence-electron chi connectivity index (χ2n) is 5.60. The number of aromatic amines is 1. The van der Waals surface area contributed by atoms with Gasteiger partial charge >= 0.3 is 0 Å². The van der Waals surface area contributed by atoms with Gasteiger partial charge in [0.05, 0.1) is 16.7 Å². The number of nitrogens with one attached hydrogen (secondary N) is 1. The number of fused-ring (bicyclic) bond motifs is 1. The highest BCUT2D eigenvalue weighted by Gasteiger charge is 2.09. The summed E-state index contributed by atoms with van der Waals surface area (Å²) in [5, 5.41) is 3.07. The van der Waals surface area contributed by atoms with Crippen molar-refractivity contribution in [3.05, 3.63) is 70.2 Å². The van der Waals surface area contributed by atoms with Crippen molar-refractivity contribution in [2.45, 2.75) is 28.5 Å². The van der Waals surface area contributed by atoms with Gasteiger partial charge in [-0.1, -0.05) is 30.0 Å². The van der Waals surface area contributed by atoms with E-state index in [1.807, 2.05) is 47.5 Å². The van der Waals surface area contributed by atoms with Gasteiger partial charge in [0.2, 0.25) is 0 Å². The molecule has 0 spiro atoms. The smallest absolute Gasteiger partial charge is 0.166 e. The van der Waals surface area contributed by atoms with Crippen LogP contribution in [0.2, 0.25) is 0 Å². The standard InChI is InChI=1S/C19H17N3S3/c1-13-17(12-25-19-21-15-6-2-3-7-16(15)22-19)20-9-8-18(13)24-11-14-5-4-10-23-14/h2-10H,11-12H2,1H3,(H,21,22). The lowest BCUT2D eigenvalue weighted by Gasteiger charge is -2.09. The van der Waals surface area contributed by atoms with Crippen molar-refractivity contribution in [3.63, 3.8) is 0 Å². The minimum Gasteiger partial charge on any atom is -0.333 e. The molecule has 1 aromatic carbocycles. The predicted molar refractivity (Wildman–Crippen MR) is 109 cm³/mol. The number of hydrogen-bond donors (Lipinski definition) is 1. The second kappa shape index (κ2) is 7.64. The van der Waals surface area contributed by atoms with Crippen LogP contribution in [0.4, 0.5) is 0 Å². The summed E-state index contributed by atoms with van der Waals surface area (Å²) >= 11 is 5.39. The lowest BCUT2D eigenvalue weighted by atomic mass is 10.2. The van der Waals surface area contributed by atoms with E-state index in [1.54, 1.807) is 11.8 Å². The van der Waals surface area contributed by atoms with Crippen LogP contribution in [-0.4, -0.2) is 15.0 Å². The van der Waals surface area contributed by atoms with Gasteiger partial charge in [0.25, 0.3) is 0 Å². The summed E-state index contributed by atoms with van der Waals surface area (Å²) in [5.74, 6) is 1.83. The molecule has 6 heteroatoms. The largest absolute Gasteiger partial charge is 0.333 e. The molecule has 0 aliphatic heterocycles. The third-order valence-electron chi connectivity index (χ3n) is 3.92. The molecule has 3 heterocycles.